The van der Waals surface area contributed by atoms with Gasteiger partial charge in [-0.15, -0.1) is 6.58 Å². The minimum atomic E-state index is -0.809. The molecular formula is C30H27FN2O5. The third-order valence-corrected chi connectivity index (χ3v) is 5.91. The highest BCUT2D eigenvalue weighted by Crippen LogP contribution is 2.35. The Kier molecular flexibility index (Phi) is 7.71. The molecular weight excluding hydrogens is 487 g/mol. The van der Waals surface area contributed by atoms with Crippen LogP contribution in [0.25, 0.3) is 6.08 Å². The molecule has 0 radical (unpaired) electrons. The van der Waals surface area contributed by atoms with Crippen molar-refractivity contribution in [2.75, 3.05) is 12.0 Å². The van der Waals surface area contributed by atoms with Crippen LogP contribution in [0.1, 0.15) is 27.8 Å². The van der Waals surface area contributed by atoms with Gasteiger partial charge in [-0.25, -0.2) is 14.1 Å². The van der Waals surface area contributed by atoms with Gasteiger partial charge in [0.25, 0.3) is 11.8 Å². The first-order chi connectivity index (χ1) is 18.2. The molecule has 1 aliphatic heterocycles. The van der Waals surface area contributed by atoms with Crippen LogP contribution in [0.5, 0.6) is 11.5 Å². The summed E-state index contributed by atoms with van der Waals surface area (Å²) < 4.78 is 24.8. The summed E-state index contributed by atoms with van der Waals surface area (Å²) in [6.45, 7) is 7.69. The highest BCUT2D eigenvalue weighted by molar-refractivity contribution is 6.39. The lowest BCUT2D eigenvalue weighted by atomic mass is 10.0. The second kappa shape index (κ2) is 11.1. The Bertz CT molecular complexity index is 1440. The monoisotopic (exact) mass is 514 g/mol. The second-order valence-corrected chi connectivity index (χ2v) is 8.92. The van der Waals surface area contributed by atoms with Gasteiger partial charge in [0.1, 0.15) is 18.0 Å². The molecule has 194 valence electrons. The third-order valence-electron chi connectivity index (χ3n) is 5.91. The van der Waals surface area contributed by atoms with E-state index in [0.29, 0.717) is 34.7 Å². The molecule has 4 amide bonds. The molecule has 0 unspecified atom stereocenters. The number of hydrogen-bond donors (Lipinski definition) is 1. The fourth-order valence-electron chi connectivity index (χ4n) is 4.26. The fraction of sp³-hybridized carbons (Fsp3) is 0.167. The van der Waals surface area contributed by atoms with E-state index >= 15 is 0 Å². The molecule has 0 aliphatic carbocycles. The first kappa shape index (κ1) is 26.3. The number of anilines is 1. The lowest BCUT2D eigenvalue weighted by Gasteiger charge is -2.27. The van der Waals surface area contributed by atoms with Crippen molar-refractivity contribution in [1.82, 2.24) is 5.32 Å². The topological polar surface area (TPSA) is 84.9 Å². The zero-order valence-corrected chi connectivity index (χ0v) is 21.3. The maximum absolute atomic E-state index is 13.4. The van der Waals surface area contributed by atoms with Crippen molar-refractivity contribution in [3.63, 3.8) is 0 Å². The number of ether oxygens (including phenoxy) is 2. The number of benzene rings is 3. The minimum Gasteiger partial charge on any atom is -0.493 e. The number of aryl methyl sites for hydroxylation is 2. The Balaban J connectivity index is 1.70. The molecule has 1 N–H and O–H groups in total. The molecule has 4 rings (SSSR count). The molecule has 7 nitrogen and oxygen atoms in total. The summed E-state index contributed by atoms with van der Waals surface area (Å²) in [4.78, 5) is 39.6. The second-order valence-electron chi connectivity index (χ2n) is 8.92. The molecule has 0 spiro atoms. The van der Waals surface area contributed by atoms with Crippen LogP contribution in [0.2, 0.25) is 0 Å². The Labute approximate surface area is 220 Å². The van der Waals surface area contributed by atoms with Crippen LogP contribution in [0.3, 0.4) is 0 Å². The van der Waals surface area contributed by atoms with E-state index in [-0.39, 0.29) is 18.0 Å². The standard InChI is InChI=1S/C30H27FN2O5/c1-5-6-22-14-21(16-26(37-4)27(22)38-17-20-7-9-23(31)10-8-20)15-25-28(34)32-30(36)33(29(25)35)24-12-18(2)11-19(3)13-24/h5,7-16H,1,6,17H2,2-4H3,(H,32,34,36)/b25-15+. The zero-order valence-electron chi connectivity index (χ0n) is 21.3. The van der Waals surface area contributed by atoms with Crippen molar-refractivity contribution in [2.45, 2.75) is 26.9 Å². The average molecular weight is 515 g/mol. The number of nitrogens with one attached hydrogen (secondary N) is 1. The van der Waals surface area contributed by atoms with E-state index in [9.17, 15) is 18.8 Å². The van der Waals surface area contributed by atoms with Gasteiger partial charge >= 0.3 is 6.03 Å². The highest BCUT2D eigenvalue weighted by atomic mass is 19.1. The van der Waals surface area contributed by atoms with Gasteiger partial charge in [0.05, 0.1) is 12.8 Å². The first-order valence-corrected chi connectivity index (χ1v) is 11.9. The molecule has 3 aromatic carbocycles. The fourth-order valence-corrected chi connectivity index (χ4v) is 4.26. The number of hydrogen-bond acceptors (Lipinski definition) is 5. The van der Waals surface area contributed by atoms with Crippen molar-refractivity contribution in [2.24, 2.45) is 0 Å². The summed E-state index contributed by atoms with van der Waals surface area (Å²) in [6.07, 6.45) is 3.52. The lowest BCUT2D eigenvalue weighted by molar-refractivity contribution is -0.122. The van der Waals surface area contributed by atoms with Gasteiger partial charge in [0.15, 0.2) is 11.5 Å². The number of barbiturate groups is 1. The van der Waals surface area contributed by atoms with E-state index in [1.54, 1.807) is 42.5 Å². The number of amides is 4. The van der Waals surface area contributed by atoms with Crippen molar-refractivity contribution in [3.8, 4) is 11.5 Å². The van der Waals surface area contributed by atoms with E-state index < -0.39 is 17.8 Å². The molecule has 8 heteroatoms. The van der Waals surface area contributed by atoms with Gasteiger partial charge in [0, 0.05) is 5.56 Å². The summed E-state index contributed by atoms with van der Waals surface area (Å²) >= 11 is 0. The Morgan fingerprint density at radius 1 is 1.00 bits per heavy atom. The predicted octanol–water partition coefficient (Wildman–Crippen LogP) is 5.43. The molecule has 1 heterocycles. The molecule has 3 aromatic rings. The normalized spacial score (nSPS) is 14.5. The number of rotatable bonds is 8. The van der Waals surface area contributed by atoms with E-state index in [0.717, 1.165) is 21.6 Å². The summed E-state index contributed by atoms with van der Waals surface area (Å²) in [7, 11) is 1.48. The summed E-state index contributed by atoms with van der Waals surface area (Å²) in [5, 5.41) is 2.25. The van der Waals surface area contributed by atoms with Crippen LogP contribution in [0.15, 0.2) is 72.8 Å². The van der Waals surface area contributed by atoms with Gasteiger partial charge in [-0.3, -0.25) is 14.9 Å². The summed E-state index contributed by atoms with van der Waals surface area (Å²) in [5.74, 6) is -1.02. The van der Waals surface area contributed by atoms with Gasteiger partial charge in [-0.05, 0) is 85.0 Å². The van der Waals surface area contributed by atoms with E-state index in [4.69, 9.17) is 9.47 Å². The van der Waals surface area contributed by atoms with Crippen molar-refractivity contribution < 1.29 is 28.2 Å². The summed E-state index contributed by atoms with van der Waals surface area (Å²) in [5.41, 5.74) is 3.90. The quantitative estimate of drug-likeness (QED) is 0.246. The molecule has 38 heavy (non-hydrogen) atoms. The number of carbonyl (C=O) groups is 3. The first-order valence-electron chi connectivity index (χ1n) is 11.9. The third kappa shape index (κ3) is 5.64. The predicted molar refractivity (Wildman–Crippen MR) is 143 cm³/mol. The number of allylic oxidation sites excluding steroid dienone is 1. The average Bonchev–Trinajstić information content (AvgIpc) is 2.86. The van der Waals surface area contributed by atoms with Gasteiger partial charge in [-0.1, -0.05) is 24.3 Å². The van der Waals surface area contributed by atoms with Gasteiger partial charge in [0.2, 0.25) is 0 Å². The zero-order chi connectivity index (χ0) is 27.4. The van der Waals surface area contributed by atoms with Crippen LogP contribution in [0.4, 0.5) is 14.9 Å². The molecule has 0 aromatic heterocycles. The maximum atomic E-state index is 13.4. The van der Waals surface area contributed by atoms with Crippen LogP contribution in [-0.4, -0.2) is 25.0 Å². The van der Waals surface area contributed by atoms with Crippen molar-refractivity contribution in [1.29, 1.82) is 0 Å². The largest absolute Gasteiger partial charge is 0.493 e. The SMILES string of the molecule is C=CCc1cc(/C=C2\C(=O)NC(=O)N(c3cc(C)cc(C)c3)C2=O)cc(OC)c1OCc1ccc(F)cc1. The summed E-state index contributed by atoms with van der Waals surface area (Å²) in [6, 6.07) is 13.9. The van der Waals surface area contributed by atoms with Gasteiger partial charge < -0.3 is 9.47 Å². The van der Waals surface area contributed by atoms with Crippen LogP contribution in [0, 0.1) is 19.7 Å². The van der Waals surface area contributed by atoms with Crippen LogP contribution < -0.4 is 19.7 Å². The number of urea groups is 1. The smallest absolute Gasteiger partial charge is 0.335 e. The Morgan fingerprint density at radius 2 is 1.68 bits per heavy atom. The number of nitrogens with zero attached hydrogens (tertiary/aromatic N) is 1. The van der Waals surface area contributed by atoms with Gasteiger partial charge in [-0.2, -0.15) is 0 Å². The van der Waals surface area contributed by atoms with E-state index in [2.05, 4.69) is 11.9 Å². The molecule has 0 bridgehead atoms. The Hall–Kier alpha value is -4.72. The molecule has 1 saturated heterocycles. The van der Waals surface area contributed by atoms with Crippen molar-refractivity contribution in [3.05, 3.63) is 106 Å². The number of carbonyl (C=O) groups excluding carboxylic acids is 3. The number of imide groups is 2. The highest BCUT2D eigenvalue weighted by Gasteiger charge is 2.37. The Morgan fingerprint density at radius 3 is 2.32 bits per heavy atom. The minimum absolute atomic E-state index is 0.176. The lowest BCUT2D eigenvalue weighted by Crippen LogP contribution is -2.54. The van der Waals surface area contributed by atoms with Crippen LogP contribution in [-0.2, 0) is 22.6 Å². The molecule has 0 saturated carbocycles. The van der Waals surface area contributed by atoms with E-state index in [1.807, 2.05) is 19.9 Å². The maximum Gasteiger partial charge on any atom is 0.335 e. The number of methoxy groups -OCH3 is 1. The molecule has 1 fully saturated rings. The molecule has 1 aliphatic rings. The van der Waals surface area contributed by atoms with Crippen LogP contribution >= 0.6 is 0 Å². The van der Waals surface area contributed by atoms with Crippen molar-refractivity contribution >= 4 is 29.6 Å². The number of halogens is 1. The van der Waals surface area contributed by atoms with E-state index in [1.165, 1.54) is 25.3 Å². The molecule has 0 atom stereocenters.